The maximum atomic E-state index is 11.7. The number of benzene rings is 1. The summed E-state index contributed by atoms with van der Waals surface area (Å²) in [6.45, 7) is 4.68. The molecule has 1 rings (SSSR count). The molecule has 0 aliphatic carbocycles. The number of aryl methyl sites for hydroxylation is 1. The van der Waals surface area contributed by atoms with Crippen LogP contribution in [0.3, 0.4) is 0 Å². The Labute approximate surface area is 111 Å². The summed E-state index contributed by atoms with van der Waals surface area (Å²) in [5.74, 6) is -1.89. The van der Waals surface area contributed by atoms with Crippen molar-refractivity contribution in [3.8, 4) is 5.75 Å². The molecular formula is C13H18N2O4. The second-order valence-corrected chi connectivity index (χ2v) is 4.97. The Morgan fingerprint density at radius 1 is 1.26 bits per heavy atom. The van der Waals surface area contributed by atoms with E-state index < -0.39 is 17.4 Å². The number of phenolic OH excluding ortho intramolecular Hbond substituents is 1. The summed E-state index contributed by atoms with van der Waals surface area (Å²) in [6.07, 6.45) is 0. The van der Waals surface area contributed by atoms with E-state index in [0.29, 0.717) is 0 Å². The first-order chi connectivity index (χ1) is 8.75. The minimum absolute atomic E-state index is 0.117. The highest BCUT2D eigenvalue weighted by molar-refractivity contribution is 6.39. The molecule has 1 aromatic rings. The molecule has 0 aliphatic rings. The van der Waals surface area contributed by atoms with Crippen molar-refractivity contribution in [3.63, 3.8) is 0 Å². The molecule has 0 saturated carbocycles. The molecule has 2 amide bonds. The molecular weight excluding hydrogens is 248 g/mol. The van der Waals surface area contributed by atoms with Crippen molar-refractivity contribution in [3.05, 3.63) is 23.8 Å². The third-order valence-corrected chi connectivity index (χ3v) is 2.45. The molecule has 0 unspecified atom stereocenters. The fraction of sp³-hybridized carbons (Fsp3) is 0.385. The van der Waals surface area contributed by atoms with E-state index in [-0.39, 0.29) is 18.0 Å². The Kier molecular flexibility index (Phi) is 4.50. The molecule has 1 aromatic carbocycles. The predicted molar refractivity (Wildman–Crippen MR) is 70.8 cm³/mol. The molecule has 0 radical (unpaired) electrons. The Hall–Kier alpha value is -2.08. The predicted octanol–water partition coefficient (Wildman–Crippen LogP) is 0.526. The molecule has 0 spiro atoms. The van der Waals surface area contributed by atoms with E-state index >= 15 is 0 Å². The molecule has 19 heavy (non-hydrogen) atoms. The van der Waals surface area contributed by atoms with Crippen molar-refractivity contribution in [2.24, 2.45) is 0 Å². The molecule has 0 heterocycles. The van der Waals surface area contributed by atoms with Crippen LogP contribution in [0.4, 0.5) is 5.69 Å². The van der Waals surface area contributed by atoms with Gasteiger partial charge >= 0.3 is 11.8 Å². The Morgan fingerprint density at radius 3 is 2.47 bits per heavy atom. The number of carbonyl (C=O) groups excluding carboxylic acids is 2. The zero-order valence-corrected chi connectivity index (χ0v) is 11.2. The first-order valence-corrected chi connectivity index (χ1v) is 5.79. The van der Waals surface area contributed by atoms with Crippen molar-refractivity contribution in [2.45, 2.75) is 26.3 Å². The highest BCUT2D eigenvalue weighted by atomic mass is 16.3. The molecule has 0 saturated heterocycles. The molecule has 6 heteroatoms. The molecule has 0 fully saturated rings. The SMILES string of the molecule is Cc1ccc(O)c(NC(=O)C(=O)NC(C)(C)CO)c1. The van der Waals surface area contributed by atoms with Gasteiger partial charge in [0.1, 0.15) is 5.75 Å². The van der Waals surface area contributed by atoms with Crippen LogP contribution in [0.1, 0.15) is 19.4 Å². The maximum absolute atomic E-state index is 11.7. The first kappa shape index (κ1) is 15.0. The van der Waals surface area contributed by atoms with Crippen molar-refractivity contribution in [2.75, 3.05) is 11.9 Å². The average molecular weight is 266 g/mol. The number of hydrogen-bond donors (Lipinski definition) is 4. The zero-order valence-electron chi connectivity index (χ0n) is 11.2. The van der Waals surface area contributed by atoms with E-state index in [2.05, 4.69) is 10.6 Å². The third kappa shape index (κ3) is 4.26. The van der Waals surface area contributed by atoms with Crippen LogP contribution < -0.4 is 10.6 Å². The fourth-order valence-corrected chi connectivity index (χ4v) is 1.33. The average Bonchev–Trinajstić information content (AvgIpc) is 2.33. The summed E-state index contributed by atoms with van der Waals surface area (Å²) in [5.41, 5.74) is 0.120. The third-order valence-electron chi connectivity index (χ3n) is 2.45. The zero-order chi connectivity index (χ0) is 14.6. The smallest absolute Gasteiger partial charge is 0.313 e. The molecule has 104 valence electrons. The molecule has 0 aromatic heterocycles. The standard InChI is InChI=1S/C13H18N2O4/c1-8-4-5-10(17)9(6-8)14-11(18)12(19)15-13(2,3)7-16/h4-6,16-17H,7H2,1-3H3,(H,14,18)(H,15,19). The number of amides is 2. The largest absolute Gasteiger partial charge is 0.506 e. The van der Waals surface area contributed by atoms with Crippen molar-refractivity contribution >= 4 is 17.5 Å². The Bertz CT molecular complexity index is 497. The minimum Gasteiger partial charge on any atom is -0.506 e. The van der Waals surface area contributed by atoms with Crippen LogP contribution in [0.25, 0.3) is 0 Å². The number of hydrogen-bond acceptors (Lipinski definition) is 4. The van der Waals surface area contributed by atoms with Gasteiger partial charge in [-0.3, -0.25) is 9.59 Å². The quantitative estimate of drug-likeness (QED) is 0.473. The van der Waals surface area contributed by atoms with Crippen LogP contribution in [-0.4, -0.2) is 34.2 Å². The Balaban J connectivity index is 2.74. The van der Waals surface area contributed by atoms with Gasteiger partial charge in [0.25, 0.3) is 0 Å². The van der Waals surface area contributed by atoms with Gasteiger partial charge in [-0.25, -0.2) is 0 Å². The number of carbonyl (C=O) groups is 2. The fourth-order valence-electron chi connectivity index (χ4n) is 1.33. The lowest BCUT2D eigenvalue weighted by molar-refractivity contribution is -0.137. The lowest BCUT2D eigenvalue weighted by Crippen LogP contribution is -2.50. The highest BCUT2D eigenvalue weighted by Crippen LogP contribution is 2.23. The van der Waals surface area contributed by atoms with E-state index in [1.54, 1.807) is 32.9 Å². The summed E-state index contributed by atoms with van der Waals surface area (Å²) < 4.78 is 0. The van der Waals surface area contributed by atoms with Crippen LogP contribution in [0, 0.1) is 6.92 Å². The van der Waals surface area contributed by atoms with Gasteiger partial charge in [-0.1, -0.05) is 6.07 Å². The van der Waals surface area contributed by atoms with Crippen LogP contribution >= 0.6 is 0 Å². The molecule has 0 atom stereocenters. The van der Waals surface area contributed by atoms with Gasteiger partial charge in [0.15, 0.2) is 0 Å². The van der Waals surface area contributed by atoms with Crippen LogP contribution in [0.2, 0.25) is 0 Å². The maximum Gasteiger partial charge on any atom is 0.313 e. The first-order valence-electron chi connectivity index (χ1n) is 5.79. The second-order valence-electron chi connectivity index (χ2n) is 4.97. The number of anilines is 1. The number of aliphatic hydroxyl groups is 1. The van der Waals surface area contributed by atoms with Crippen molar-refractivity contribution < 1.29 is 19.8 Å². The summed E-state index contributed by atoms with van der Waals surface area (Å²) in [4.78, 5) is 23.3. The molecule has 6 nitrogen and oxygen atoms in total. The van der Waals surface area contributed by atoms with E-state index in [1.165, 1.54) is 6.07 Å². The topological polar surface area (TPSA) is 98.7 Å². The normalized spacial score (nSPS) is 10.9. The summed E-state index contributed by atoms with van der Waals surface area (Å²) in [5, 5.41) is 23.3. The lowest BCUT2D eigenvalue weighted by atomic mass is 10.1. The van der Waals surface area contributed by atoms with Gasteiger partial charge in [-0.15, -0.1) is 0 Å². The number of phenols is 1. The van der Waals surface area contributed by atoms with E-state index in [1.807, 2.05) is 0 Å². The molecule has 0 aliphatic heterocycles. The number of rotatable bonds is 3. The van der Waals surface area contributed by atoms with E-state index in [0.717, 1.165) is 5.56 Å². The number of aromatic hydroxyl groups is 1. The highest BCUT2D eigenvalue weighted by Gasteiger charge is 2.24. The van der Waals surface area contributed by atoms with Gasteiger partial charge < -0.3 is 20.8 Å². The van der Waals surface area contributed by atoms with Gasteiger partial charge in [0.05, 0.1) is 17.8 Å². The van der Waals surface area contributed by atoms with Gasteiger partial charge in [-0.2, -0.15) is 0 Å². The monoisotopic (exact) mass is 266 g/mol. The second kappa shape index (κ2) is 5.71. The van der Waals surface area contributed by atoms with Crippen molar-refractivity contribution in [1.82, 2.24) is 5.32 Å². The lowest BCUT2D eigenvalue weighted by Gasteiger charge is -2.22. The van der Waals surface area contributed by atoms with Gasteiger partial charge in [-0.05, 0) is 38.5 Å². The van der Waals surface area contributed by atoms with Crippen LogP contribution in [0.5, 0.6) is 5.75 Å². The molecule has 0 bridgehead atoms. The van der Waals surface area contributed by atoms with Crippen LogP contribution in [-0.2, 0) is 9.59 Å². The number of nitrogens with one attached hydrogen (secondary N) is 2. The van der Waals surface area contributed by atoms with Gasteiger partial charge in [0, 0.05) is 0 Å². The summed E-state index contributed by atoms with van der Waals surface area (Å²) in [7, 11) is 0. The minimum atomic E-state index is -0.901. The van der Waals surface area contributed by atoms with Crippen molar-refractivity contribution in [1.29, 1.82) is 0 Å². The van der Waals surface area contributed by atoms with Gasteiger partial charge in [0.2, 0.25) is 0 Å². The summed E-state index contributed by atoms with van der Waals surface area (Å²) in [6, 6.07) is 4.66. The van der Waals surface area contributed by atoms with E-state index in [9.17, 15) is 14.7 Å². The Morgan fingerprint density at radius 2 is 1.89 bits per heavy atom. The van der Waals surface area contributed by atoms with Crippen LogP contribution in [0.15, 0.2) is 18.2 Å². The summed E-state index contributed by atoms with van der Waals surface area (Å²) >= 11 is 0. The number of aliphatic hydroxyl groups excluding tert-OH is 1. The van der Waals surface area contributed by atoms with E-state index in [4.69, 9.17) is 5.11 Å². The molecule has 4 N–H and O–H groups in total.